The van der Waals surface area contributed by atoms with Crippen molar-refractivity contribution >= 4 is 11.9 Å². The third-order valence-electron chi connectivity index (χ3n) is 6.76. The molecule has 2 aliphatic rings. The first-order valence-electron chi connectivity index (χ1n) is 10.5. The molecule has 0 heterocycles. The highest BCUT2D eigenvalue weighted by Crippen LogP contribution is 2.48. The van der Waals surface area contributed by atoms with Gasteiger partial charge < -0.3 is 9.84 Å². The van der Waals surface area contributed by atoms with Crippen molar-refractivity contribution in [2.45, 2.75) is 76.5 Å². The van der Waals surface area contributed by atoms with Gasteiger partial charge in [-0.1, -0.05) is 57.1 Å². The van der Waals surface area contributed by atoms with Crippen LogP contribution in [0.4, 0.5) is 0 Å². The SMILES string of the molecule is COC(=O)c1ccc([C@H]2CCCC[C@@](CC3CCCCC3)(C(=O)O)C2)cc1. The lowest BCUT2D eigenvalue weighted by Crippen LogP contribution is -2.34. The number of methoxy groups -OCH3 is 1. The molecular weight excluding hydrogens is 340 g/mol. The number of ether oxygens (including phenoxy) is 1. The Morgan fingerprint density at radius 1 is 1.04 bits per heavy atom. The first-order chi connectivity index (χ1) is 13.0. The molecule has 0 aromatic heterocycles. The molecule has 0 aliphatic heterocycles. The predicted octanol–water partition coefficient (Wildman–Crippen LogP) is 5.56. The van der Waals surface area contributed by atoms with Gasteiger partial charge in [0, 0.05) is 0 Å². The minimum atomic E-state index is -0.605. The van der Waals surface area contributed by atoms with Crippen LogP contribution in [0.1, 0.15) is 92.5 Å². The summed E-state index contributed by atoms with van der Waals surface area (Å²) in [5.74, 6) is -0.125. The van der Waals surface area contributed by atoms with Gasteiger partial charge in [-0.05, 0) is 55.2 Å². The van der Waals surface area contributed by atoms with E-state index in [-0.39, 0.29) is 11.9 Å². The molecular formula is C23H32O4. The number of aliphatic carboxylic acids is 1. The summed E-state index contributed by atoms with van der Waals surface area (Å²) in [6.45, 7) is 0. The minimum Gasteiger partial charge on any atom is -0.481 e. The number of esters is 1. The first-order valence-corrected chi connectivity index (χ1v) is 10.5. The topological polar surface area (TPSA) is 63.6 Å². The molecule has 2 aliphatic carbocycles. The van der Waals surface area contributed by atoms with Crippen LogP contribution in [0.5, 0.6) is 0 Å². The quantitative estimate of drug-likeness (QED) is 0.543. The minimum absolute atomic E-state index is 0.249. The van der Waals surface area contributed by atoms with Gasteiger partial charge in [0.1, 0.15) is 0 Å². The number of hydrogen-bond acceptors (Lipinski definition) is 3. The lowest BCUT2D eigenvalue weighted by Gasteiger charge is -2.35. The average Bonchev–Trinajstić information content (AvgIpc) is 2.92. The van der Waals surface area contributed by atoms with Crippen LogP contribution < -0.4 is 0 Å². The Labute approximate surface area is 162 Å². The smallest absolute Gasteiger partial charge is 0.337 e. The fourth-order valence-corrected chi connectivity index (χ4v) is 5.23. The molecule has 4 heteroatoms. The molecule has 27 heavy (non-hydrogen) atoms. The zero-order valence-electron chi connectivity index (χ0n) is 16.4. The average molecular weight is 373 g/mol. The molecule has 0 bridgehead atoms. The first kappa shape index (κ1) is 19.9. The van der Waals surface area contributed by atoms with Gasteiger partial charge in [-0.3, -0.25) is 4.79 Å². The molecule has 2 atom stereocenters. The lowest BCUT2D eigenvalue weighted by atomic mass is 9.68. The van der Waals surface area contributed by atoms with E-state index in [0.29, 0.717) is 11.5 Å². The summed E-state index contributed by atoms with van der Waals surface area (Å²) in [6, 6.07) is 7.57. The Balaban J connectivity index is 1.79. The van der Waals surface area contributed by atoms with E-state index in [1.807, 2.05) is 12.1 Å². The van der Waals surface area contributed by atoms with E-state index in [4.69, 9.17) is 4.74 Å². The monoisotopic (exact) mass is 372 g/mol. The van der Waals surface area contributed by atoms with Crippen molar-refractivity contribution in [2.24, 2.45) is 11.3 Å². The highest BCUT2D eigenvalue weighted by atomic mass is 16.5. The second kappa shape index (κ2) is 8.90. The zero-order chi connectivity index (χ0) is 19.3. The van der Waals surface area contributed by atoms with Gasteiger partial charge in [0.2, 0.25) is 0 Å². The van der Waals surface area contributed by atoms with E-state index in [9.17, 15) is 14.7 Å². The third-order valence-corrected chi connectivity index (χ3v) is 6.76. The number of carbonyl (C=O) groups is 2. The van der Waals surface area contributed by atoms with Crippen molar-refractivity contribution in [3.63, 3.8) is 0 Å². The molecule has 3 rings (SSSR count). The van der Waals surface area contributed by atoms with Gasteiger partial charge in [0.25, 0.3) is 0 Å². The van der Waals surface area contributed by atoms with Gasteiger partial charge in [0.15, 0.2) is 0 Å². The van der Waals surface area contributed by atoms with Crippen molar-refractivity contribution in [3.05, 3.63) is 35.4 Å². The second-order valence-corrected chi connectivity index (χ2v) is 8.55. The van der Waals surface area contributed by atoms with Crippen LogP contribution >= 0.6 is 0 Å². The molecule has 0 unspecified atom stereocenters. The van der Waals surface area contributed by atoms with Crippen LogP contribution in [-0.2, 0) is 9.53 Å². The van der Waals surface area contributed by atoms with Crippen LogP contribution in [0.2, 0.25) is 0 Å². The molecule has 2 fully saturated rings. The predicted molar refractivity (Wildman–Crippen MR) is 105 cm³/mol. The molecule has 2 saturated carbocycles. The maximum atomic E-state index is 12.4. The van der Waals surface area contributed by atoms with E-state index in [2.05, 4.69) is 0 Å². The molecule has 1 aromatic rings. The van der Waals surface area contributed by atoms with Gasteiger partial charge in [-0.2, -0.15) is 0 Å². The largest absolute Gasteiger partial charge is 0.481 e. The molecule has 4 nitrogen and oxygen atoms in total. The Hall–Kier alpha value is -1.84. The number of carboxylic acids is 1. The highest BCUT2D eigenvalue weighted by molar-refractivity contribution is 5.89. The lowest BCUT2D eigenvalue weighted by molar-refractivity contribution is -0.151. The standard InChI is InChI=1S/C23H32O4/c1-27-21(24)19-12-10-18(11-13-19)20-9-5-6-14-23(16-20,22(25)26)15-17-7-3-2-4-8-17/h10-13,17,20H,2-9,14-16H2,1H3,(H,25,26)/t20-,23-/m0/s1. The van der Waals surface area contributed by atoms with E-state index in [0.717, 1.165) is 44.1 Å². The van der Waals surface area contributed by atoms with Crippen LogP contribution in [0.3, 0.4) is 0 Å². The second-order valence-electron chi connectivity index (χ2n) is 8.55. The maximum absolute atomic E-state index is 12.4. The number of hydrogen-bond donors (Lipinski definition) is 1. The number of carboxylic acid groups (broad SMARTS) is 1. The van der Waals surface area contributed by atoms with E-state index < -0.39 is 11.4 Å². The summed E-state index contributed by atoms with van der Waals surface area (Å²) in [4.78, 5) is 24.1. The molecule has 148 valence electrons. The van der Waals surface area contributed by atoms with Crippen molar-refractivity contribution in [3.8, 4) is 0 Å². The summed E-state index contributed by atoms with van der Waals surface area (Å²) in [5, 5.41) is 10.2. The van der Waals surface area contributed by atoms with Crippen molar-refractivity contribution in [1.82, 2.24) is 0 Å². The summed E-state index contributed by atoms with van der Waals surface area (Å²) in [5.41, 5.74) is 1.10. The Morgan fingerprint density at radius 2 is 1.70 bits per heavy atom. The Kier molecular flexibility index (Phi) is 6.56. The van der Waals surface area contributed by atoms with E-state index in [1.165, 1.54) is 39.2 Å². The van der Waals surface area contributed by atoms with Crippen LogP contribution in [-0.4, -0.2) is 24.2 Å². The van der Waals surface area contributed by atoms with Gasteiger partial charge in [-0.25, -0.2) is 4.79 Å². The maximum Gasteiger partial charge on any atom is 0.337 e. The van der Waals surface area contributed by atoms with Gasteiger partial charge >= 0.3 is 11.9 Å². The molecule has 0 radical (unpaired) electrons. The molecule has 0 saturated heterocycles. The zero-order valence-corrected chi connectivity index (χ0v) is 16.4. The molecule has 0 amide bonds. The molecule has 0 spiro atoms. The Bertz CT molecular complexity index is 645. The molecule has 1 aromatic carbocycles. The van der Waals surface area contributed by atoms with Crippen LogP contribution in [0, 0.1) is 11.3 Å². The fourth-order valence-electron chi connectivity index (χ4n) is 5.23. The van der Waals surface area contributed by atoms with Crippen LogP contribution in [0.25, 0.3) is 0 Å². The Morgan fingerprint density at radius 3 is 2.33 bits per heavy atom. The highest BCUT2D eigenvalue weighted by Gasteiger charge is 2.43. The third kappa shape index (κ3) is 4.72. The van der Waals surface area contributed by atoms with Crippen molar-refractivity contribution in [2.75, 3.05) is 7.11 Å². The summed E-state index contributed by atoms with van der Waals surface area (Å²) in [7, 11) is 1.38. The fraction of sp³-hybridized carbons (Fsp3) is 0.652. The van der Waals surface area contributed by atoms with Crippen LogP contribution in [0.15, 0.2) is 24.3 Å². The molecule has 1 N–H and O–H groups in total. The summed E-state index contributed by atoms with van der Waals surface area (Å²) < 4.78 is 4.77. The normalized spacial score (nSPS) is 26.9. The number of carbonyl (C=O) groups excluding carboxylic acids is 1. The van der Waals surface area contributed by atoms with E-state index >= 15 is 0 Å². The summed E-state index contributed by atoms with van der Waals surface area (Å²) >= 11 is 0. The summed E-state index contributed by atoms with van der Waals surface area (Å²) in [6.07, 6.45) is 11.6. The van der Waals surface area contributed by atoms with Crippen molar-refractivity contribution < 1.29 is 19.4 Å². The van der Waals surface area contributed by atoms with Gasteiger partial charge in [0.05, 0.1) is 18.1 Å². The van der Waals surface area contributed by atoms with E-state index in [1.54, 1.807) is 12.1 Å². The van der Waals surface area contributed by atoms with Crippen molar-refractivity contribution in [1.29, 1.82) is 0 Å². The number of rotatable bonds is 5. The van der Waals surface area contributed by atoms with Gasteiger partial charge in [-0.15, -0.1) is 0 Å². The number of benzene rings is 1.